The normalized spacial score (nSPS) is 10.4. The van der Waals surface area contributed by atoms with Gasteiger partial charge in [0.25, 0.3) is 0 Å². The molecule has 0 saturated heterocycles. The molecule has 0 aliphatic carbocycles. The fourth-order valence-corrected chi connectivity index (χ4v) is 8.69. The van der Waals surface area contributed by atoms with Crippen molar-refractivity contribution in [3.05, 3.63) is 279 Å². The first-order valence-corrected chi connectivity index (χ1v) is 26.6. The van der Waals surface area contributed by atoms with E-state index in [1.54, 1.807) is 0 Å². The van der Waals surface area contributed by atoms with E-state index in [0.29, 0.717) is 0 Å². The molecule has 1 heteroatoms. The Bertz CT molecular complexity index is 2990. The van der Waals surface area contributed by atoms with Crippen LogP contribution in [-0.2, 0) is 45.6 Å². The minimum atomic E-state index is 0. The Morgan fingerprint density at radius 1 is 0.227 bits per heavy atom. The van der Waals surface area contributed by atoms with E-state index >= 15 is 0 Å². The van der Waals surface area contributed by atoms with Crippen LogP contribution in [-0.4, -0.2) is 0 Å². The van der Waals surface area contributed by atoms with Gasteiger partial charge < -0.3 is 0 Å². The molecule has 0 aliphatic heterocycles. The molecule has 387 valence electrons. The Morgan fingerprint density at radius 2 is 0.480 bits per heavy atom. The van der Waals surface area contributed by atoms with Crippen LogP contribution in [0, 0.1) is 151 Å². The van der Waals surface area contributed by atoms with Gasteiger partial charge in [-0.15, -0.1) is 0 Å². The van der Waals surface area contributed by atoms with Crippen LogP contribution in [0.5, 0.6) is 0 Å². The molecule has 0 aliphatic rings. The summed E-state index contributed by atoms with van der Waals surface area (Å²) in [6.45, 7) is 43.2. The van der Waals surface area contributed by atoms with Gasteiger partial charge >= 0.3 is 0 Å². The van der Waals surface area contributed by atoms with Gasteiger partial charge in [0.15, 0.2) is 0 Å². The van der Waals surface area contributed by atoms with Crippen LogP contribution in [0.3, 0.4) is 0 Å². The first-order valence-electron chi connectivity index (χ1n) is 26.6. The van der Waals surface area contributed by atoms with E-state index in [1.165, 1.54) is 155 Å². The number of fused-ring (bicyclic) bond motifs is 1. The maximum atomic E-state index is 3.34. The quantitative estimate of drug-likeness (QED) is 0.151. The smallest absolute Gasteiger partial charge is 0 e. The van der Waals surface area contributed by atoms with E-state index in [0.717, 1.165) is 12.8 Å². The van der Waals surface area contributed by atoms with Crippen molar-refractivity contribution < 1.29 is 32.7 Å². The summed E-state index contributed by atoms with van der Waals surface area (Å²) >= 11 is 0. The second-order valence-corrected chi connectivity index (χ2v) is 21.7. The Morgan fingerprint density at radius 3 is 0.760 bits per heavy atom. The summed E-state index contributed by atoms with van der Waals surface area (Å²) in [5.74, 6) is 0. The van der Waals surface area contributed by atoms with Crippen LogP contribution in [0.1, 0.15) is 134 Å². The first kappa shape index (κ1) is 61.9. The van der Waals surface area contributed by atoms with E-state index in [1.807, 2.05) is 0 Å². The molecule has 0 heterocycles. The van der Waals surface area contributed by atoms with Gasteiger partial charge in [0.1, 0.15) is 0 Å². The van der Waals surface area contributed by atoms with Gasteiger partial charge in [0.05, 0.1) is 0 Å². The Hall–Kier alpha value is -5.66. The predicted octanol–water partition coefficient (Wildman–Crippen LogP) is 20.2. The Balaban J connectivity index is 0.000000204. The summed E-state index contributed by atoms with van der Waals surface area (Å²) in [7, 11) is 0. The monoisotopic (exact) mass is 1060 g/mol. The van der Waals surface area contributed by atoms with Gasteiger partial charge in [0.2, 0.25) is 0 Å². The molecular formula is C74H86Y-2. The number of rotatable bonds is 5. The minimum absolute atomic E-state index is 0. The van der Waals surface area contributed by atoms with Crippen molar-refractivity contribution >= 4 is 10.8 Å². The molecule has 0 spiro atoms. The molecule has 0 aromatic heterocycles. The van der Waals surface area contributed by atoms with Gasteiger partial charge in [-0.05, 0) is 246 Å². The largest absolute Gasteiger partial charge is 0.180 e. The summed E-state index contributed by atoms with van der Waals surface area (Å²) in [5.41, 5.74) is 35.2. The molecule has 0 atom stereocenters. The van der Waals surface area contributed by atoms with Crippen molar-refractivity contribution in [2.24, 2.45) is 0 Å². The average Bonchev–Trinajstić information content (AvgIpc) is 3.34. The first-order chi connectivity index (χ1) is 34.9. The van der Waals surface area contributed by atoms with Crippen LogP contribution >= 0.6 is 0 Å². The van der Waals surface area contributed by atoms with Gasteiger partial charge in [-0.25, -0.2) is 0 Å². The Labute approximate surface area is 481 Å². The standard InChI is InChI=1S/C17H20.C17H18.C16H18.C14H16.C10H14.Y/c2*1-12-5-7-16(9-14(12)3)11-17-8-6-13(2)15(4)10-17;1-11-5-7-15(9-13(11)3)16-8-6-12(2)14(4)10-16;1-9-5-13-7-11(3)12(4)8-14(13)6-10(9)2;1-7-5-9(3)10(4)6-8(7)2;/h5-10H,11H2,1-4H3;5-6,9-10H,11H2,1-4H3;5-10H,1-4H3;5-8H,1-4H3;5-6H,1-4H3;/q;-2;;;;. The van der Waals surface area contributed by atoms with E-state index in [2.05, 4.69) is 284 Å². The van der Waals surface area contributed by atoms with Crippen molar-refractivity contribution in [2.45, 2.75) is 151 Å². The van der Waals surface area contributed by atoms with Crippen molar-refractivity contribution in [3.63, 3.8) is 0 Å². The van der Waals surface area contributed by atoms with Gasteiger partial charge in [-0.3, -0.25) is 0 Å². The van der Waals surface area contributed by atoms with E-state index in [-0.39, 0.29) is 32.7 Å². The molecule has 9 rings (SSSR count). The topological polar surface area (TPSA) is 0 Å². The summed E-state index contributed by atoms with van der Waals surface area (Å²) in [5, 5.41) is 2.72. The minimum Gasteiger partial charge on any atom is -0.180 e. The van der Waals surface area contributed by atoms with Crippen LogP contribution in [0.25, 0.3) is 21.9 Å². The van der Waals surface area contributed by atoms with Crippen LogP contribution < -0.4 is 0 Å². The second kappa shape index (κ2) is 28.5. The fraction of sp³-hybridized carbons (Fsp3) is 0.297. The summed E-state index contributed by atoms with van der Waals surface area (Å²) in [4.78, 5) is 0. The van der Waals surface area contributed by atoms with Crippen LogP contribution in [0.4, 0.5) is 0 Å². The average molecular weight is 1060 g/mol. The second-order valence-electron chi connectivity index (χ2n) is 21.7. The molecule has 75 heavy (non-hydrogen) atoms. The third-order valence-electron chi connectivity index (χ3n) is 15.4. The maximum absolute atomic E-state index is 3.34. The molecule has 0 unspecified atom stereocenters. The third kappa shape index (κ3) is 18.3. The third-order valence-corrected chi connectivity index (χ3v) is 15.4. The van der Waals surface area contributed by atoms with Crippen molar-refractivity contribution in [2.75, 3.05) is 0 Å². The zero-order chi connectivity index (χ0) is 54.6. The van der Waals surface area contributed by atoms with Crippen LogP contribution in [0.2, 0.25) is 0 Å². The molecule has 0 nitrogen and oxygen atoms in total. The van der Waals surface area contributed by atoms with E-state index < -0.39 is 0 Å². The van der Waals surface area contributed by atoms with Gasteiger partial charge in [-0.2, -0.15) is 69.8 Å². The predicted molar refractivity (Wildman–Crippen MR) is 326 cm³/mol. The number of hydrogen-bond acceptors (Lipinski definition) is 0. The fourth-order valence-electron chi connectivity index (χ4n) is 8.69. The molecule has 9 aromatic carbocycles. The summed E-state index contributed by atoms with van der Waals surface area (Å²) < 4.78 is 0. The molecule has 0 bridgehead atoms. The van der Waals surface area contributed by atoms with Crippen molar-refractivity contribution in [1.29, 1.82) is 0 Å². The summed E-state index contributed by atoms with van der Waals surface area (Å²) in [6.07, 6.45) is 1.95. The number of benzene rings is 9. The molecular weight excluding hydrogens is 978 g/mol. The van der Waals surface area contributed by atoms with E-state index in [9.17, 15) is 0 Å². The van der Waals surface area contributed by atoms with E-state index in [4.69, 9.17) is 0 Å². The zero-order valence-corrected chi connectivity index (χ0v) is 52.5. The number of hydrogen-bond donors (Lipinski definition) is 0. The molecule has 0 fully saturated rings. The van der Waals surface area contributed by atoms with Crippen molar-refractivity contribution in [1.82, 2.24) is 0 Å². The molecule has 9 aromatic rings. The zero-order valence-electron chi connectivity index (χ0n) is 49.7. The summed E-state index contributed by atoms with van der Waals surface area (Å²) in [6, 6.07) is 55.7. The van der Waals surface area contributed by atoms with Crippen LogP contribution in [0.15, 0.2) is 133 Å². The molecule has 0 N–H and O–H groups in total. The molecule has 1 radical (unpaired) electrons. The molecule has 0 saturated carbocycles. The van der Waals surface area contributed by atoms with Gasteiger partial charge in [0, 0.05) is 32.7 Å². The van der Waals surface area contributed by atoms with Crippen molar-refractivity contribution in [3.8, 4) is 11.1 Å². The molecule has 0 amide bonds. The maximum Gasteiger partial charge on any atom is 0 e. The SMILES string of the molecule is Cc1c[c-]c(Cc2[c-]cc(C)c(C)c2)cc1C.Cc1cc(C)c(C)cc1C.Cc1cc2cc(C)c(C)cc2cc1C.Cc1ccc(-c2ccc(C)c(C)c2)cc1C.Cc1ccc(Cc2ccc(C)c(C)c2)cc1C.[Y]. The van der Waals surface area contributed by atoms with Gasteiger partial charge in [-0.1, -0.05) is 137 Å². The number of aryl methyl sites for hydroxylation is 20. The Kier molecular flexibility index (Phi) is 23.5.